The molecule has 1 amide bonds. The number of thiazole rings is 1. The van der Waals surface area contributed by atoms with Gasteiger partial charge in [0, 0.05) is 25.1 Å². The third-order valence-electron chi connectivity index (χ3n) is 6.65. The van der Waals surface area contributed by atoms with Crippen molar-refractivity contribution in [3.8, 4) is 16.3 Å². The van der Waals surface area contributed by atoms with Crippen molar-refractivity contribution in [2.75, 3.05) is 7.11 Å². The summed E-state index contributed by atoms with van der Waals surface area (Å²) in [6, 6.07) is 10.1. The second-order valence-corrected chi connectivity index (χ2v) is 14.5. The van der Waals surface area contributed by atoms with Gasteiger partial charge in [-0.05, 0) is 35.7 Å². The number of aromatic amines is 1. The number of ether oxygens (including phenoxy) is 1. The molecule has 1 aliphatic carbocycles. The number of carbonyl (C=O) groups excluding carboxylic acids is 1. The maximum Gasteiger partial charge on any atom is 0.268 e. The number of benzene rings is 1. The average Bonchev–Trinajstić information content (AvgIpc) is 3.34. The molecule has 2 aromatic heterocycles. The van der Waals surface area contributed by atoms with Crippen LogP contribution >= 0.6 is 11.3 Å². The highest BCUT2D eigenvalue weighted by Gasteiger charge is 2.33. The van der Waals surface area contributed by atoms with Gasteiger partial charge in [-0.25, -0.2) is 4.98 Å². The Hall–Kier alpha value is -1.91. The van der Waals surface area contributed by atoms with Crippen LogP contribution in [0.4, 0.5) is 0 Å². The van der Waals surface area contributed by atoms with Crippen molar-refractivity contribution in [2.45, 2.75) is 49.5 Å². The van der Waals surface area contributed by atoms with E-state index in [0.29, 0.717) is 11.7 Å². The molecule has 4 rings (SSSR count). The fraction of sp³-hybridized carbons (Fsp3) is 0.429. The first-order chi connectivity index (χ1) is 14.1. The summed E-state index contributed by atoms with van der Waals surface area (Å²) in [5.41, 5.74) is 2.34. The molecule has 5 nitrogen and oxygen atoms in total. The summed E-state index contributed by atoms with van der Waals surface area (Å²) in [4.78, 5) is 20.7. The standard InChI is InChI=1S/C21H29N3O2SSi2/c1-26-16-7-5-4-6-14(16)20-24-18-17(27-20)12-15(23-18)19(25)22-13-8-10-21(28-2,29-3)11-9-13/h4-7,12-13,23H,8-11,28-29H2,1-3H3,(H,22,25). The van der Waals surface area contributed by atoms with Gasteiger partial charge in [0.15, 0.2) is 0 Å². The second-order valence-electron chi connectivity index (χ2n) is 8.07. The molecular formula is C21H29N3O2SSi2. The highest BCUT2D eigenvalue weighted by Crippen LogP contribution is 2.41. The monoisotopic (exact) mass is 443 g/mol. The minimum Gasteiger partial charge on any atom is -0.496 e. The van der Waals surface area contributed by atoms with Crippen molar-refractivity contribution in [1.29, 1.82) is 0 Å². The Kier molecular flexibility index (Phi) is 5.94. The van der Waals surface area contributed by atoms with Gasteiger partial charge in [-0.1, -0.05) is 38.1 Å². The quantitative estimate of drug-likeness (QED) is 0.573. The van der Waals surface area contributed by atoms with Crippen LogP contribution in [0.1, 0.15) is 36.2 Å². The number of hydrogen-bond acceptors (Lipinski definition) is 4. The van der Waals surface area contributed by atoms with E-state index in [1.54, 1.807) is 18.4 Å². The van der Waals surface area contributed by atoms with Crippen molar-refractivity contribution in [3.63, 3.8) is 0 Å². The van der Waals surface area contributed by atoms with E-state index < -0.39 is 0 Å². The molecule has 0 unspecified atom stereocenters. The van der Waals surface area contributed by atoms with Crippen LogP contribution in [0.15, 0.2) is 30.3 Å². The number of rotatable bonds is 6. The molecule has 29 heavy (non-hydrogen) atoms. The van der Waals surface area contributed by atoms with E-state index in [4.69, 9.17) is 9.72 Å². The van der Waals surface area contributed by atoms with E-state index in [9.17, 15) is 4.79 Å². The number of para-hydroxylation sites is 1. The van der Waals surface area contributed by atoms with Crippen LogP contribution in [-0.4, -0.2) is 48.1 Å². The van der Waals surface area contributed by atoms with Crippen LogP contribution < -0.4 is 10.1 Å². The Morgan fingerprint density at radius 2 is 2.00 bits per heavy atom. The number of fused-ring (bicyclic) bond motifs is 1. The average molecular weight is 444 g/mol. The number of nitrogens with one attached hydrogen (secondary N) is 2. The van der Waals surface area contributed by atoms with E-state index >= 15 is 0 Å². The molecule has 1 saturated carbocycles. The third-order valence-corrected chi connectivity index (χ3v) is 15.1. The zero-order valence-electron chi connectivity index (χ0n) is 17.4. The summed E-state index contributed by atoms with van der Waals surface area (Å²) in [5, 5.41) is 4.15. The molecular weight excluding hydrogens is 414 g/mol. The van der Waals surface area contributed by atoms with E-state index in [-0.39, 0.29) is 24.9 Å². The fourth-order valence-electron chi connectivity index (χ4n) is 4.47. The molecule has 1 aliphatic rings. The Morgan fingerprint density at radius 3 is 2.66 bits per heavy atom. The van der Waals surface area contributed by atoms with E-state index in [1.165, 1.54) is 12.8 Å². The Bertz CT molecular complexity index is 971. The van der Waals surface area contributed by atoms with E-state index in [0.717, 1.165) is 44.2 Å². The Morgan fingerprint density at radius 1 is 1.28 bits per heavy atom. The minimum atomic E-state index is -0.00553. The number of H-pyrrole nitrogens is 1. The lowest BCUT2D eigenvalue weighted by Crippen LogP contribution is -2.41. The van der Waals surface area contributed by atoms with Gasteiger partial charge < -0.3 is 15.0 Å². The molecule has 0 saturated heterocycles. The van der Waals surface area contributed by atoms with E-state index in [2.05, 4.69) is 23.4 Å². The number of amides is 1. The smallest absolute Gasteiger partial charge is 0.268 e. The number of hydrogen-bond donors (Lipinski definition) is 2. The Labute approximate surface area is 180 Å². The summed E-state index contributed by atoms with van der Waals surface area (Å²) in [5.74, 6) is 0.801. The summed E-state index contributed by atoms with van der Waals surface area (Å²) >= 11 is 1.58. The predicted octanol–water partition coefficient (Wildman–Crippen LogP) is 3.52. The van der Waals surface area contributed by atoms with Crippen LogP contribution in [0.3, 0.4) is 0 Å². The van der Waals surface area contributed by atoms with Gasteiger partial charge in [0.25, 0.3) is 5.91 Å². The number of aromatic nitrogens is 2. The van der Waals surface area contributed by atoms with Crippen molar-refractivity contribution < 1.29 is 9.53 Å². The zero-order valence-corrected chi connectivity index (χ0v) is 21.0. The molecule has 0 radical (unpaired) electrons. The van der Waals surface area contributed by atoms with Gasteiger partial charge in [0.1, 0.15) is 22.1 Å². The SMILES string of the molecule is COc1ccccc1-c1nc2[nH]c(C(=O)NC3CCC([SiH2]C)([SiH2]C)CC3)cc2s1. The lowest BCUT2D eigenvalue weighted by atomic mass is 9.94. The van der Waals surface area contributed by atoms with Gasteiger partial charge in [-0.15, -0.1) is 11.3 Å². The molecule has 0 atom stereocenters. The number of nitrogens with zero attached hydrogens (tertiary/aromatic N) is 1. The molecule has 1 aromatic carbocycles. The first kappa shape index (κ1) is 20.4. The fourth-order valence-corrected chi connectivity index (χ4v) is 9.69. The maximum absolute atomic E-state index is 12.8. The molecule has 2 heterocycles. The van der Waals surface area contributed by atoms with Crippen molar-refractivity contribution >= 4 is 46.6 Å². The first-order valence-electron chi connectivity index (χ1n) is 10.5. The molecule has 3 aromatic rings. The highest BCUT2D eigenvalue weighted by molar-refractivity contribution is 7.21. The summed E-state index contributed by atoms with van der Waals surface area (Å²) < 4.78 is 7.20. The largest absolute Gasteiger partial charge is 0.496 e. The van der Waals surface area contributed by atoms with Gasteiger partial charge in [0.2, 0.25) is 0 Å². The molecule has 0 spiro atoms. The van der Waals surface area contributed by atoms with Crippen molar-refractivity contribution in [3.05, 3.63) is 36.0 Å². The van der Waals surface area contributed by atoms with Crippen LogP contribution in [0, 0.1) is 0 Å². The Balaban J connectivity index is 1.45. The summed E-state index contributed by atoms with van der Waals surface area (Å²) in [6.45, 7) is 4.93. The maximum atomic E-state index is 12.8. The normalized spacial score (nSPS) is 22.8. The van der Waals surface area contributed by atoms with Crippen LogP contribution in [0.2, 0.25) is 17.8 Å². The summed E-state index contributed by atoms with van der Waals surface area (Å²) in [7, 11) is 1.76. The van der Waals surface area contributed by atoms with Crippen LogP contribution in [0.25, 0.3) is 20.9 Å². The topological polar surface area (TPSA) is 67.0 Å². The minimum absolute atomic E-state index is 0.00553. The lowest BCUT2D eigenvalue weighted by molar-refractivity contribution is 0.0922. The lowest BCUT2D eigenvalue weighted by Gasteiger charge is -2.39. The predicted molar refractivity (Wildman–Crippen MR) is 127 cm³/mol. The van der Waals surface area contributed by atoms with Gasteiger partial charge in [-0.3, -0.25) is 4.79 Å². The number of carbonyl (C=O) groups is 1. The molecule has 154 valence electrons. The summed E-state index contributed by atoms with van der Waals surface area (Å²) in [6.07, 6.45) is 4.93. The zero-order chi connectivity index (χ0) is 20.4. The first-order valence-corrected chi connectivity index (χ1v) is 15.6. The van der Waals surface area contributed by atoms with Crippen LogP contribution in [0.5, 0.6) is 5.75 Å². The van der Waals surface area contributed by atoms with E-state index in [1.807, 2.05) is 30.3 Å². The highest BCUT2D eigenvalue weighted by atomic mass is 32.1. The number of methoxy groups -OCH3 is 1. The van der Waals surface area contributed by atoms with Gasteiger partial charge >= 0.3 is 0 Å². The van der Waals surface area contributed by atoms with Crippen molar-refractivity contribution in [2.24, 2.45) is 0 Å². The van der Waals surface area contributed by atoms with Gasteiger partial charge in [0.05, 0.1) is 17.4 Å². The third kappa shape index (κ3) is 4.06. The van der Waals surface area contributed by atoms with Crippen molar-refractivity contribution in [1.82, 2.24) is 15.3 Å². The second kappa shape index (κ2) is 8.45. The molecule has 8 heteroatoms. The molecule has 1 fully saturated rings. The van der Waals surface area contributed by atoms with Crippen LogP contribution in [-0.2, 0) is 0 Å². The molecule has 0 aliphatic heterocycles. The van der Waals surface area contributed by atoms with Gasteiger partial charge in [-0.2, -0.15) is 0 Å². The molecule has 0 bridgehead atoms. The molecule has 2 N–H and O–H groups in total.